The fourth-order valence-electron chi connectivity index (χ4n) is 2.62. The Morgan fingerprint density at radius 1 is 1.38 bits per heavy atom. The van der Waals surface area contributed by atoms with E-state index in [4.69, 9.17) is 4.74 Å². The van der Waals surface area contributed by atoms with Gasteiger partial charge in [0.15, 0.2) is 6.10 Å². The third-order valence-corrected chi connectivity index (χ3v) is 6.23. The summed E-state index contributed by atoms with van der Waals surface area (Å²) in [5, 5.41) is 5.44. The number of benzene rings is 1. The number of hydrogen-bond donors (Lipinski definition) is 2. The molecule has 9 heteroatoms. The molecule has 1 atom stereocenters. The molecule has 0 bridgehead atoms. The van der Waals surface area contributed by atoms with E-state index in [1.54, 1.807) is 6.07 Å². The fourth-order valence-corrected chi connectivity index (χ4v) is 4.26. The van der Waals surface area contributed by atoms with Crippen LogP contribution in [0, 0.1) is 6.92 Å². The molecule has 7 nitrogen and oxygen atoms in total. The second-order valence-corrected chi connectivity index (χ2v) is 8.91. The van der Waals surface area contributed by atoms with Crippen LogP contribution < -0.4 is 14.8 Å². The summed E-state index contributed by atoms with van der Waals surface area (Å²) in [6.07, 6.45) is 1.97. The zero-order valence-corrected chi connectivity index (χ0v) is 16.2. The lowest BCUT2D eigenvalue weighted by Crippen LogP contribution is -2.37. The second kappa shape index (κ2) is 7.73. The van der Waals surface area contributed by atoms with E-state index in [0.717, 1.165) is 17.8 Å². The van der Waals surface area contributed by atoms with Gasteiger partial charge >= 0.3 is 0 Å². The molecular formula is C17H21N3O4S2. The highest BCUT2D eigenvalue weighted by Gasteiger charge is 2.28. The van der Waals surface area contributed by atoms with Crippen LogP contribution in [0.4, 0.5) is 5.69 Å². The van der Waals surface area contributed by atoms with Crippen LogP contribution in [0.5, 0.6) is 5.75 Å². The van der Waals surface area contributed by atoms with Crippen molar-refractivity contribution in [2.45, 2.75) is 50.7 Å². The molecule has 140 valence electrons. The monoisotopic (exact) mass is 395 g/mol. The summed E-state index contributed by atoms with van der Waals surface area (Å²) in [6.45, 7) is 4.03. The Kier molecular flexibility index (Phi) is 5.59. The molecule has 0 saturated heterocycles. The maximum Gasteiger partial charge on any atom is 0.265 e. The molecule has 0 saturated carbocycles. The number of amides is 1. The van der Waals surface area contributed by atoms with Crippen molar-refractivity contribution < 1.29 is 17.9 Å². The van der Waals surface area contributed by atoms with Crippen molar-refractivity contribution in [3.63, 3.8) is 0 Å². The molecule has 3 rings (SSSR count). The smallest absolute Gasteiger partial charge is 0.265 e. The van der Waals surface area contributed by atoms with E-state index >= 15 is 0 Å². The lowest BCUT2D eigenvalue weighted by atomic mass is 10.1. The first-order chi connectivity index (χ1) is 12.4. The first kappa shape index (κ1) is 18.8. The predicted octanol–water partition coefficient (Wildman–Crippen LogP) is 2.82. The van der Waals surface area contributed by atoms with Crippen LogP contribution in [0.2, 0.25) is 0 Å². The van der Waals surface area contributed by atoms with Gasteiger partial charge in [0, 0.05) is 5.38 Å². The first-order valence-corrected chi connectivity index (χ1v) is 10.8. The van der Waals surface area contributed by atoms with Crippen LogP contribution in [-0.2, 0) is 21.4 Å². The Hall–Kier alpha value is -1.97. The minimum absolute atomic E-state index is 0.0686. The highest BCUT2D eigenvalue weighted by atomic mass is 32.2. The Bertz CT molecular complexity index is 908. The number of hydrogen-bond acceptors (Lipinski definition) is 6. The summed E-state index contributed by atoms with van der Waals surface area (Å²) in [7, 11) is -3.72. The van der Waals surface area contributed by atoms with E-state index in [0.29, 0.717) is 23.6 Å². The van der Waals surface area contributed by atoms with Crippen LogP contribution in [0.15, 0.2) is 28.5 Å². The largest absolute Gasteiger partial charge is 0.478 e. The van der Waals surface area contributed by atoms with Gasteiger partial charge in [-0.2, -0.15) is 0 Å². The van der Waals surface area contributed by atoms with Crippen molar-refractivity contribution >= 4 is 33.0 Å². The van der Waals surface area contributed by atoms with Gasteiger partial charge < -0.3 is 10.1 Å². The van der Waals surface area contributed by atoms with Crippen molar-refractivity contribution in [2.75, 3.05) is 5.32 Å². The number of unbranched alkanes of at least 4 members (excludes halogenated alkanes) is 1. The molecule has 2 N–H and O–H groups in total. The summed E-state index contributed by atoms with van der Waals surface area (Å²) in [5.41, 5.74) is 1.04. The van der Waals surface area contributed by atoms with Crippen molar-refractivity contribution in [1.82, 2.24) is 9.71 Å². The Balaban J connectivity index is 1.74. The van der Waals surface area contributed by atoms with Gasteiger partial charge in [-0.05, 0) is 38.0 Å². The summed E-state index contributed by atoms with van der Waals surface area (Å²) < 4.78 is 33.2. The molecule has 1 aromatic heterocycles. The highest BCUT2D eigenvalue weighted by Crippen LogP contribution is 2.33. The van der Waals surface area contributed by atoms with Crippen LogP contribution >= 0.6 is 11.3 Å². The third kappa shape index (κ3) is 4.22. The van der Waals surface area contributed by atoms with Gasteiger partial charge in [-0.3, -0.25) is 4.79 Å². The molecule has 1 aliphatic heterocycles. The highest BCUT2D eigenvalue weighted by molar-refractivity contribution is 7.89. The standard InChI is InChI=1S/C17H21N3O4S2/c1-3-4-5-16-17(21)20-14-8-13(6-7-15(14)24-16)26(22,23)18-9-12-10-25-11(2)19-12/h6-8,10,16,18H,3-5,9H2,1-2H3,(H,20,21)/t16-/m0/s1. The number of aromatic nitrogens is 1. The van der Waals surface area contributed by atoms with Crippen LogP contribution in [0.25, 0.3) is 0 Å². The lowest BCUT2D eigenvalue weighted by molar-refractivity contribution is -0.123. The SMILES string of the molecule is CCCC[C@@H]1Oc2ccc(S(=O)(=O)NCc3csc(C)n3)cc2NC1=O. The Morgan fingerprint density at radius 2 is 2.19 bits per heavy atom. The van der Waals surface area contributed by atoms with E-state index in [1.165, 1.54) is 23.5 Å². The number of carbonyl (C=O) groups is 1. The maximum atomic E-state index is 12.5. The van der Waals surface area contributed by atoms with E-state index in [9.17, 15) is 13.2 Å². The number of thiazole rings is 1. The number of aryl methyl sites for hydroxylation is 1. The van der Waals surface area contributed by atoms with Gasteiger partial charge in [-0.25, -0.2) is 18.1 Å². The molecule has 1 aromatic carbocycles. The van der Waals surface area contributed by atoms with E-state index in [-0.39, 0.29) is 17.3 Å². The summed E-state index contributed by atoms with van der Waals surface area (Å²) in [4.78, 5) is 16.4. The predicted molar refractivity (Wildman–Crippen MR) is 99.9 cm³/mol. The fraction of sp³-hybridized carbons (Fsp3) is 0.412. The van der Waals surface area contributed by atoms with Gasteiger partial charge in [0.25, 0.3) is 5.91 Å². The zero-order valence-electron chi connectivity index (χ0n) is 14.6. The molecule has 2 heterocycles. The van der Waals surface area contributed by atoms with E-state index in [2.05, 4.69) is 15.0 Å². The van der Waals surface area contributed by atoms with E-state index < -0.39 is 16.1 Å². The zero-order chi connectivity index (χ0) is 18.7. The van der Waals surface area contributed by atoms with Crippen molar-refractivity contribution in [3.8, 4) is 5.75 Å². The van der Waals surface area contributed by atoms with Gasteiger partial charge in [0.2, 0.25) is 10.0 Å². The molecule has 1 amide bonds. The first-order valence-electron chi connectivity index (χ1n) is 8.41. The van der Waals surface area contributed by atoms with Gasteiger partial charge in [-0.1, -0.05) is 13.3 Å². The van der Waals surface area contributed by atoms with Crippen LogP contribution in [0.1, 0.15) is 36.9 Å². The number of ether oxygens (including phenoxy) is 1. The number of rotatable bonds is 7. The van der Waals surface area contributed by atoms with Crippen LogP contribution in [-0.4, -0.2) is 25.4 Å². The van der Waals surface area contributed by atoms with Gasteiger partial charge in [-0.15, -0.1) is 11.3 Å². The molecule has 2 aromatic rings. The number of fused-ring (bicyclic) bond motifs is 1. The number of sulfonamides is 1. The number of anilines is 1. The number of carbonyl (C=O) groups excluding carboxylic acids is 1. The van der Waals surface area contributed by atoms with Crippen molar-refractivity contribution in [3.05, 3.63) is 34.3 Å². The molecule has 0 aliphatic carbocycles. The quantitative estimate of drug-likeness (QED) is 0.751. The molecule has 0 spiro atoms. The molecule has 26 heavy (non-hydrogen) atoms. The minimum Gasteiger partial charge on any atom is -0.478 e. The lowest BCUT2D eigenvalue weighted by Gasteiger charge is -2.26. The third-order valence-electron chi connectivity index (χ3n) is 4.01. The molecule has 0 fully saturated rings. The van der Waals surface area contributed by atoms with Crippen LogP contribution in [0.3, 0.4) is 0 Å². The molecule has 1 aliphatic rings. The van der Waals surface area contributed by atoms with E-state index in [1.807, 2.05) is 19.2 Å². The number of nitrogens with zero attached hydrogens (tertiary/aromatic N) is 1. The maximum absolute atomic E-state index is 12.5. The molecule has 0 unspecified atom stereocenters. The summed E-state index contributed by atoms with van der Waals surface area (Å²) in [6, 6.07) is 4.47. The van der Waals surface area contributed by atoms with Gasteiger partial charge in [0.1, 0.15) is 5.75 Å². The summed E-state index contributed by atoms with van der Waals surface area (Å²) >= 11 is 1.47. The summed E-state index contributed by atoms with van der Waals surface area (Å²) in [5.74, 6) is 0.242. The van der Waals surface area contributed by atoms with Gasteiger partial charge in [0.05, 0.1) is 27.8 Å². The average molecular weight is 396 g/mol. The number of nitrogens with one attached hydrogen (secondary N) is 2. The van der Waals surface area contributed by atoms with Crippen molar-refractivity contribution in [2.24, 2.45) is 0 Å². The second-order valence-electron chi connectivity index (χ2n) is 6.08. The molecule has 0 radical (unpaired) electrons. The Labute approximate surface area is 156 Å². The van der Waals surface area contributed by atoms with Crippen molar-refractivity contribution in [1.29, 1.82) is 0 Å². The average Bonchev–Trinajstić information content (AvgIpc) is 3.03. The molecular weight excluding hydrogens is 374 g/mol. The topological polar surface area (TPSA) is 97.4 Å². The normalized spacial score (nSPS) is 16.7. The minimum atomic E-state index is -3.72. The Morgan fingerprint density at radius 3 is 2.88 bits per heavy atom.